The molecule has 1 amide bonds. The van der Waals surface area contributed by atoms with Crippen LogP contribution < -0.4 is 5.32 Å². The van der Waals surface area contributed by atoms with Gasteiger partial charge in [0.25, 0.3) is 0 Å². The van der Waals surface area contributed by atoms with Crippen molar-refractivity contribution in [3.63, 3.8) is 0 Å². The number of carbonyl (C=O) groups is 1. The van der Waals surface area contributed by atoms with Gasteiger partial charge in [-0.15, -0.1) is 11.3 Å². The van der Waals surface area contributed by atoms with Crippen LogP contribution in [-0.4, -0.2) is 27.4 Å². The average Bonchev–Trinajstić information content (AvgIpc) is 3.27. The molecule has 0 unspecified atom stereocenters. The van der Waals surface area contributed by atoms with Crippen molar-refractivity contribution in [1.29, 1.82) is 0 Å². The summed E-state index contributed by atoms with van der Waals surface area (Å²) in [5, 5.41) is 13.2. The van der Waals surface area contributed by atoms with Crippen LogP contribution >= 0.6 is 11.3 Å². The molecule has 3 heterocycles. The van der Waals surface area contributed by atoms with Crippen molar-refractivity contribution >= 4 is 17.2 Å². The maximum absolute atomic E-state index is 12.3. The molecular formula is C16H18N4O2S. The molecule has 0 radical (unpaired) electrons. The number of carbonyl (C=O) groups excluding carboxylic acids is 1. The first kappa shape index (κ1) is 15.5. The van der Waals surface area contributed by atoms with Gasteiger partial charge in [-0.2, -0.15) is 5.10 Å². The van der Waals surface area contributed by atoms with Gasteiger partial charge in [-0.1, -0.05) is 11.2 Å². The number of rotatable bonds is 6. The van der Waals surface area contributed by atoms with E-state index < -0.39 is 0 Å². The van der Waals surface area contributed by atoms with E-state index in [0.717, 1.165) is 16.1 Å². The largest absolute Gasteiger partial charge is 0.361 e. The number of thiophene rings is 1. The Morgan fingerprint density at radius 1 is 1.43 bits per heavy atom. The Kier molecular flexibility index (Phi) is 4.57. The lowest BCUT2D eigenvalue weighted by Crippen LogP contribution is -2.32. The van der Waals surface area contributed by atoms with Gasteiger partial charge < -0.3 is 9.84 Å². The van der Waals surface area contributed by atoms with E-state index in [1.807, 2.05) is 42.2 Å². The van der Waals surface area contributed by atoms with Crippen molar-refractivity contribution in [2.45, 2.75) is 26.3 Å². The number of nitrogens with one attached hydrogen (secondary N) is 1. The van der Waals surface area contributed by atoms with Crippen LogP contribution in [0.4, 0.5) is 0 Å². The lowest BCUT2D eigenvalue weighted by Gasteiger charge is -2.17. The first-order valence-electron chi connectivity index (χ1n) is 7.36. The van der Waals surface area contributed by atoms with Crippen molar-refractivity contribution in [3.05, 3.63) is 57.9 Å². The molecule has 0 saturated heterocycles. The molecule has 120 valence electrons. The van der Waals surface area contributed by atoms with Crippen molar-refractivity contribution < 1.29 is 9.32 Å². The maximum Gasteiger partial charge on any atom is 0.224 e. The summed E-state index contributed by atoms with van der Waals surface area (Å²) in [6, 6.07) is 5.94. The first-order chi connectivity index (χ1) is 11.1. The van der Waals surface area contributed by atoms with Crippen LogP contribution in [0.3, 0.4) is 0 Å². The van der Waals surface area contributed by atoms with Gasteiger partial charge in [-0.3, -0.25) is 9.48 Å². The summed E-state index contributed by atoms with van der Waals surface area (Å²) in [4.78, 5) is 13.4. The van der Waals surface area contributed by atoms with E-state index in [4.69, 9.17) is 4.52 Å². The summed E-state index contributed by atoms with van der Waals surface area (Å²) in [5.41, 5.74) is 1.62. The summed E-state index contributed by atoms with van der Waals surface area (Å²) in [6.45, 7) is 4.16. The minimum atomic E-state index is -0.0480. The third-order valence-corrected chi connectivity index (χ3v) is 4.70. The van der Waals surface area contributed by atoms with Gasteiger partial charge in [-0.05, 0) is 31.4 Å². The van der Waals surface area contributed by atoms with Crippen LogP contribution in [0.2, 0.25) is 0 Å². The normalized spacial score (nSPS) is 12.3. The molecule has 0 bridgehead atoms. The molecule has 0 spiro atoms. The predicted octanol–water partition coefficient (Wildman–Crippen LogP) is 2.50. The van der Waals surface area contributed by atoms with Gasteiger partial charge in [0.1, 0.15) is 11.8 Å². The molecular weight excluding hydrogens is 312 g/mol. The Bertz CT molecular complexity index is 708. The third-order valence-electron chi connectivity index (χ3n) is 3.73. The zero-order chi connectivity index (χ0) is 16.2. The number of nitrogens with zero attached hydrogens (tertiary/aromatic N) is 3. The lowest BCUT2D eigenvalue weighted by molar-refractivity contribution is -0.120. The van der Waals surface area contributed by atoms with Crippen LogP contribution in [-0.2, 0) is 11.2 Å². The molecule has 0 aliphatic carbocycles. The van der Waals surface area contributed by atoms with Crippen molar-refractivity contribution in [1.82, 2.24) is 20.3 Å². The van der Waals surface area contributed by atoms with Crippen LogP contribution in [0.15, 0.2) is 40.5 Å². The zero-order valence-corrected chi connectivity index (χ0v) is 13.8. The summed E-state index contributed by atoms with van der Waals surface area (Å²) >= 11 is 1.65. The average molecular weight is 330 g/mol. The molecule has 23 heavy (non-hydrogen) atoms. The van der Waals surface area contributed by atoms with E-state index in [1.54, 1.807) is 17.5 Å². The lowest BCUT2D eigenvalue weighted by atomic mass is 10.1. The Morgan fingerprint density at radius 2 is 2.30 bits per heavy atom. The quantitative estimate of drug-likeness (QED) is 0.754. The summed E-state index contributed by atoms with van der Waals surface area (Å²) < 4.78 is 6.96. The van der Waals surface area contributed by atoms with E-state index in [9.17, 15) is 4.79 Å². The van der Waals surface area contributed by atoms with Crippen molar-refractivity contribution in [2.24, 2.45) is 0 Å². The van der Waals surface area contributed by atoms with Gasteiger partial charge >= 0.3 is 0 Å². The molecule has 0 fully saturated rings. The molecule has 3 rings (SSSR count). The first-order valence-corrected chi connectivity index (χ1v) is 8.24. The van der Waals surface area contributed by atoms with E-state index in [2.05, 4.69) is 21.6 Å². The smallest absolute Gasteiger partial charge is 0.224 e. The molecule has 1 N–H and O–H groups in total. The van der Waals surface area contributed by atoms with Crippen LogP contribution in [0.1, 0.15) is 27.9 Å². The third kappa shape index (κ3) is 3.50. The minimum absolute atomic E-state index is 0.00128. The molecule has 1 atom stereocenters. The maximum atomic E-state index is 12.3. The predicted molar refractivity (Wildman–Crippen MR) is 87.4 cm³/mol. The second-order valence-corrected chi connectivity index (χ2v) is 6.28. The minimum Gasteiger partial charge on any atom is -0.361 e. The fraction of sp³-hybridized carbons (Fsp3) is 0.312. The molecule has 0 aromatic carbocycles. The SMILES string of the molecule is Cc1noc(C)c1CC(=O)NC[C@H](c1cccs1)n1cccn1. The molecule has 7 heteroatoms. The van der Waals surface area contributed by atoms with Gasteiger partial charge in [0.15, 0.2) is 0 Å². The number of hydrogen-bond donors (Lipinski definition) is 1. The van der Waals surface area contributed by atoms with Crippen LogP contribution in [0.25, 0.3) is 0 Å². The summed E-state index contributed by atoms with van der Waals surface area (Å²) in [5.74, 6) is 0.646. The molecule has 0 saturated carbocycles. The Balaban J connectivity index is 1.66. The number of aryl methyl sites for hydroxylation is 2. The van der Waals surface area contributed by atoms with Gasteiger partial charge in [-0.25, -0.2) is 0 Å². The highest BCUT2D eigenvalue weighted by Crippen LogP contribution is 2.22. The Morgan fingerprint density at radius 3 is 2.91 bits per heavy atom. The summed E-state index contributed by atoms with van der Waals surface area (Å²) in [7, 11) is 0. The van der Waals surface area contributed by atoms with Gasteiger partial charge in [0.05, 0.1) is 12.1 Å². The van der Waals surface area contributed by atoms with Crippen molar-refractivity contribution in [3.8, 4) is 0 Å². The van der Waals surface area contributed by atoms with E-state index >= 15 is 0 Å². The highest BCUT2D eigenvalue weighted by molar-refractivity contribution is 7.10. The Hall–Kier alpha value is -2.41. The zero-order valence-electron chi connectivity index (χ0n) is 13.0. The van der Waals surface area contributed by atoms with Crippen LogP contribution in [0.5, 0.6) is 0 Å². The van der Waals surface area contributed by atoms with E-state index in [1.165, 1.54) is 0 Å². The molecule has 6 nitrogen and oxygen atoms in total. The highest BCUT2D eigenvalue weighted by atomic mass is 32.1. The van der Waals surface area contributed by atoms with Gasteiger partial charge in [0, 0.05) is 29.4 Å². The van der Waals surface area contributed by atoms with E-state index in [-0.39, 0.29) is 18.4 Å². The molecule has 3 aromatic heterocycles. The second-order valence-electron chi connectivity index (χ2n) is 5.30. The highest BCUT2D eigenvalue weighted by Gasteiger charge is 2.18. The number of aromatic nitrogens is 3. The topological polar surface area (TPSA) is 73.0 Å². The summed E-state index contributed by atoms with van der Waals surface area (Å²) in [6.07, 6.45) is 3.93. The monoisotopic (exact) mass is 330 g/mol. The van der Waals surface area contributed by atoms with E-state index in [0.29, 0.717) is 12.3 Å². The fourth-order valence-corrected chi connectivity index (χ4v) is 3.28. The number of amides is 1. The molecule has 0 aliphatic rings. The Labute approximate surface area is 138 Å². The van der Waals surface area contributed by atoms with Crippen LogP contribution in [0, 0.1) is 13.8 Å². The molecule has 3 aromatic rings. The number of hydrogen-bond acceptors (Lipinski definition) is 5. The molecule has 0 aliphatic heterocycles. The van der Waals surface area contributed by atoms with Crippen molar-refractivity contribution in [2.75, 3.05) is 6.54 Å². The fourth-order valence-electron chi connectivity index (χ4n) is 2.46. The standard InChI is InChI=1S/C16H18N4O2S/c1-11-13(12(2)22-19-11)9-16(21)17-10-14(15-5-3-8-23-15)20-7-4-6-18-20/h3-8,14H,9-10H2,1-2H3,(H,17,21)/t14-/m1/s1. The second kappa shape index (κ2) is 6.78. The van der Waals surface area contributed by atoms with Gasteiger partial charge in [0.2, 0.25) is 5.91 Å².